The summed E-state index contributed by atoms with van der Waals surface area (Å²) < 4.78 is 7.76. The van der Waals surface area contributed by atoms with Crippen molar-refractivity contribution < 1.29 is 4.74 Å². The second-order valence-electron chi connectivity index (χ2n) is 7.07. The zero-order valence-corrected chi connectivity index (χ0v) is 21.5. The van der Waals surface area contributed by atoms with E-state index in [-0.39, 0.29) is 24.0 Å². The van der Waals surface area contributed by atoms with Gasteiger partial charge in [0.1, 0.15) is 12.4 Å². The van der Waals surface area contributed by atoms with E-state index in [1.165, 1.54) is 16.8 Å². The van der Waals surface area contributed by atoms with Gasteiger partial charge in [0.15, 0.2) is 5.96 Å². The minimum absolute atomic E-state index is 0. The summed E-state index contributed by atoms with van der Waals surface area (Å²) in [5.74, 6) is 1.68. The Balaban J connectivity index is 0.00000450. The molecule has 0 aliphatic rings. The summed E-state index contributed by atoms with van der Waals surface area (Å²) in [5.41, 5.74) is 4.60. The highest BCUT2D eigenvalue weighted by Gasteiger charge is 2.09. The van der Waals surface area contributed by atoms with Crippen LogP contribution >= 0.6 is 24.0 Å². The van der Waals surface area contributed by atoms with Crippen molar-refractivity contribution in [3.05, 3.63) is 46.8 Å². The average Bonchev–Trinajstić information content (AvgIpc) is 2.98. The van der Waals surface area contributed by atoms with Crippen LogP contribution in [0.15, 0.2) is 29.3 Å². The Labute approximate surface area is 198 Å². The maximum Gasteiger partial charge on any atom is 0.191 e. The number of aromatic nitrogens is 2. The van der Waals surface area contributed by atoms with Crippen molar-refractivity contribution in [1.29, 1.82) is 0 Å². The quantitative estimate of drug-likeness (QED) is 0.282. The molecule has 2 aromatic rings. The Hall–Kier alpha value is -1.81. The highest BCUT2D eigenvalue weighted by atomic mass is 127. The molecule has 0 aliphatic heterocycles. The van der Waals surface area contributed by atoms with Crippen LogP contribution in [0, 0.1) is 13.8 Å². The SMILES string of the molecule is CCN(CC)CCOc1ccc(CNC(=NC)NCc2c(C)nn(C)c2C)cc1.I. The van der Waals surface area contributed by atoms with E-state index in [2.05, 4.69) is 58.5 Å². The van der Waals surface area contributed by atoms with E-state index in [0.29, 0.717) is 19.7 Å². The van der Waals surface area contributed by atoms with Crippen LogP contribution < -0.4 is 15.4 Å². The summed E-state index contributed by atoms with van der Waals surface area (Å²) in [6.07, 6.45) is 0. The molecule has 30 heavy (non-hydrogen) atoms. The molecule has 2 rings (SSSR count). The number of rotatable bonds is 10. The molecular formula is C22H37IN6O. The first-order chi connectivity index (χ1) is 14.0. The summed E-state index contributed by atoms with van der Waals surface area (Å²) in [4.78, 5) is 6.67. The summed E-state index contributed by atoms with van der Waals surface area (Å²) in [6.45, 7) is 13.6. The highest BCUT2D eigenvalue weighted by Crippen LogP contribution is 2.13. The fourth-order valence-corrected chi connectivity index (χ4v) is 3.19. The third kappa shape index (κ3) is 7.79. The maximum atomic E-state index is 5.85. The number of benzene rings is 1. The van der Waals surface area contributed by atoms with Gasteiger partial charge in [-0.05, 0) is 44.6 Å². The first-order valence-corrected chi connectivity index (χ1v) is 10.4. The molecule has 0 radical (unpaired) electrons. The Morgan fingerprint density at radius 2 is 1.73 bits per heavy atom. The molecule has 0 aliphatic carbocycles. The number of nitrogens with one attached hydrogen (secondary N) is 2. The largest absolute Gasteiger partial charge is 0.492 e. The third-order valence-electron chi connectivity index (χ3n) is 5.27. The first kappa shape index (κ1) is 26.2. The van der Waals surface area contributed by atoms with E-state index >= 15 is 0 Å². The lowest BCUT2D eigenvalue weighted by Gasteiger charge is -2.18. The first-order valence-electron chi connectivity index (χ1n) is 10.4. The van der Waals surface area contributed by atoms with Crippen molar-refractivity contribution in [3.63, 3.8) is 0 Å². The fourth-order valence-electron chi connectivity index (χ4n) is 3.19. The second kappa shape index (κ2) is 13.5. The van der Waals surface area contributed by atoms with Crippen LogP contribution in [0.3, 0.4) is 0 Å². The maximum absolute atomic E-state index is 5.85. The van der Waals surface area contributed by atoms with E-state index < -0.39 is 0 Å². The topological polar surface area (TPSA) is 66.7 Å². The zero-order valence-electron chi connectivity index (χ0n) is 19.2. The molecule has 8 heteroatoms. The zero-order chi connectivity index (χ0) is 21.2. The Morgan fingerprint density at radius 3 is 2.27 bits per heavy atom. The van der Waals surface area contributed by atoms with Gasteiger partial charge >= 0.3 is 0 Å². The minimum Gasteiger partial charge on any atom is -0.492 e. The summed E-state index contributed by atoms with van der Waals surface area (Å²) in [6, 6.07) is 8.22. The van der Waals surface area contributed by atoms with E-state index in [9.17, 15) is 0 Å². The Bertz CT molecular complexity index is 784. The van der Waals surface area contributed by atoms with E-state index in [0.717, 1.165) is 37.0 Å². The molecule has 0 bridgehead atoms. The van der Waals surface area contributed by atoms with E-state index in [1.807, 2.05) is 30.8 Å². The third-order valence-corrected chi connectivity index (χ3v) is 5.27. The standard InChI is InChI=1S/C22H36N6O.HI/c1-7-28(8-2)13-14-29-20-11-9-19(10-12-20)15-24-22(23-5)25-16-21-17(3)26-27(6)18(21)4;/h9-12H,7-8,13-16H2,1-6H3,(H2,23,24,25);1H. The molecule has 0 spiro atoms. The van der Waals surface area contributed by atoms with Crippen LogP contribution in [0.4, 0.5) is 0 Å². The molecule has 1 aromatic heterocycles. The van der Waals surface area contributed by atoms with Gasteiger partial charge in [0.25, 0.3) is 0 Å². The van der Waals surface area contributed by atoms with Crippen LogP contribution in [0.25, 0.3) is 0 Å². The molecule has 0 saturated heterocycles. The fraction of sp³-hybridized carbons (Fsp3) is 0.545. The molecule has 0 amide bonds. The number of aliphatic imine (C=N–C) groups is 1. The molecule has 2 N–H and O–H groups in total. The Kier molecular flexibility index (Phi) is 11.8. The van der Waals surface area contributed by atoms with Crippen LogP contribution in [-0.2, 0) is 20.1 Å². The number of nitrogens with zero attached hydrogens (tertiary/aromatic N) is 4. The number of guanidine groups is 1. The van der Waals surface area contributed by atoms with E-state index in [4.69, 9.17) is 4.74 Å². The van der Waals surface area contributed by atoms with Gasteiger partial charge in [-0.3, -0.25) is 9.67 Å². The molecule has 168 valence electrons. The number of aryl methyl sites for hydroxylation is 2. The van der Waals surface area contributed by atoms with Gasteiger partial charge in [-0.2, -0.15) is 5.10 Å². The monoisotopic (exact) mass is 528 g/mol. The molecule has 1 aromatic carbocycles. The predicted molar refractivity (Wildman–Crippen MR) is 135 cm³/mol. The van der Waals surface area contributed by atoms with Crippen LogP contribution in [0.2, 0.25) is 0 Å². The van der Waals surface area contributed by atoms with Crippen LogP contribution in [-0.4, -0.2) is 53.9 Å². The van der Waals surface area contributed by atoms with E-state index in [1.54, 1.807) is 7.05 Å². The highest BCUT2D eigenvalue weighted by molar-refractivity contribution is 14.0. The Morgan fingerprint density at radius 1 is 1.10 bits per heavy atom. The van der Waals surface area contributed by atoms with Crippen molar-refractivity contribution in [2.24, 2.45) is 12.0 Å². The molecule has 1 heterocycles. The number of hydrogen-bond acceptors (Lipinski definition) is 4. The van der Waals surface area contributed by atoms with Gasteiger partial charge in [-0.1, -0.05) is 26.0 Å². The van der Waals surface area contributed by atoms with Crippen LogP contribution in [0.5, 0.6) is 5.75 Å². The normalized spacial score (nSPS) is 11.4. The van der Waals surface area contributed by atoms with Crippen molar-refractivity contribution in [3.8, 4) is 5.75 Å². The smallest absolute Gasteiger partial charge is 0.191 e. The summed E-state index contributed by atoms with van der Waals surface area (Å²) in [7, 11) is 3.75. The van der Waals surface area contributed by atoms with Gasteiger partial charge < -0.3 is 20.3 Å². The van der Waals surface area contributed by atoms with Gasteiger partial charge in [-0.15, -0.1) is 24.0 Å². The molecular weight excluding hydrogens is 491 g/mol. The van der Waals surface area contributed by atoms with Gasteiger partial charge in [0.2, 0.25) is 0 Å². The molecule has 0 saturated carbocycles. The summed E-state index contributed by atoms with van der Waals surface area (Å²) in [5, 5.41) is 11.2. The van der Waals surface area contributed by atoms with Gasteiger partial charge in [0, 0.05) is 45.0 Å². The van der Waals surface area contributed by atoms with Crippen molar-refractivity contribution in [2.75, 3.05) is 33.3 Å². The molecule has 0 atom stereocenters. The molecule has 7 nitrogen and oxygen atoms in total. The van der Waals surface area contributed by atoms with Crippen molar-refractivity contribution in [1.82, 2.24) is 25.3 Å². The van der Waals surface area contributed by atoms with Crippen LogP contribution in [0.1, 0.15) is 36.4 Å². The number of halogens is 1. The number of ether oxygens (including phenoxy) is 1. The minimum atomic E-state index is 0. The van der Waals surface area contributed by atoms with Crippen molar-refractivity contribution in [2.45, 2.75) is 40.8 Å². The van der Waals surface area contributed by atoms with Gasteiger partial charge in [0.05, 0.1) is 5.69 Å². The van der Waals surface area contributed by atoms with Crippen molar-refractivity contribution >= 4 is 29.9 Å². The average molecular weight is 528 g/mol. The predicted octanol–water partition coefficient (Wildman–Crippen LogP) is 3.24. The number of likely N-dealkylation sites (N-methyl/N-ethyl adjacent to an activating group) is 1. The second-order valence-corrected chi connectivity index (χ2v) is 7.07. The van der Waals surface area contributed by atoms with Gasteiger partial charge in [-0.25, -0.2) is 0 Å². The lowest BCUT2D eigenvalue weighted by Crippen LogP contribution is -2.36. The molecule has 0 fully saturated rings. The molecule has 0 unspecified atom stereocenters. The lowest BCUT2D eigenvalue weighted by molar-refractivity contribution is 0.223. The number of hydrogen-bond donors (Lipinski definition) is 2. The lowest BCUT2D eigenvalue weighted by atomic mass is 10.2. The summed E-state index contributed by atoms with van der Waals surface area (Å²) >= 11 is 0.